The number of rotatable bonds is 45. The maximum Gasteiger partial charge on any atom is 0.335 e. The minimum atomic E-state index is -1.91. The molecule has 12 heteroatoms. The van der Waals surface area contributed by atoms with Crippen molar-refractivity contribution in [1.29, 1.82) is 0 Å². The standard InChI is InChI=1S/C59H96O12/c1-4-7-10-13-16-19-21-23-25-26-28-29-31-34-36-39-42-45-51(60)67-48-50(69-52(61)46-43-40-37-33-18-15-12-9-6-3)49-68-59-57(55(64)54(63)56(71-59)58(65)66)70-53(62)47-44-41-38-35-32-30-27-24-22-20-17-14-11-8-5-2/h7-8,10-11,16-17,19-20,23-25,27-29,50,54-57,59,63-64H,4-6,9,12-15,18,21-22,26,30-49H2,1-3H3,(H,65,66)/b10-7-,11-8-,19-16-,20-17-,25-23-,27-24-,29-28-. The van der Waals surface area contributed by atoms with Gasteiger partial charge >= 0.3 is 23.9 Å². The normalized spacial score (nSPS) is 19.1. The lowest BCUT2D eigenvalue weighted by Crippen LogP contribution is -2.61. The predicted octanol–water partition coefficient (Wildman–Crippen LogP) is 13.6. The van der Waals surface area contributed by atoms with Crippen molar-refractivity contribution in [2.24, 2.45) is 0 Å². The summed E-state index contributed by atoms with van der Waals surface area (Å²) in [4.78, 5) is 50.9. The van der Waals surface area contributed by atoms with E-state index in [4.69, 9.17) is 23.7 Å². The number of esters is 3. The maximum atomic E-state index is 13.0. The number of ether oxygens (including phenoxy) is 5. The number of hydrogen-bond acceptors (Lipinski definition) is 11. The van der Waals surface area contributed by atoms with Crippen molar-refractivity contribution in [2.75, 3.05) is 13.2 Å². The van der Waals surface area contributed by atoms with Crippen molar-refractivity contribution in [1.82, 2.24) is 0 Å². The lowest BCUT2D eigenvalue weighted by Gasteiger charge is -2.40. The molecule has 1 fully saturated rings. The van der Waals surface area contributed by atoms with Gasteiger partial charge in [-0.15, -0.1) is 0 Å². The van der Waals surface area contributed by atoms with Gasteiger partial charge in [-0.1, -0.05) is 189 Å². The summed E-state index contributed by atoms with van der Waals surface area (Å²) in [5.41, 5.74) is 0. The molecule has 0 spiro atoms. The lowest BCUT2D eigenvalue weighted by atomic mass is 9.98. The summed E-state index contributed by atoms with van der Waals surface area (Å²) in [6.07, 6.45) is 47.1. The average Bonchev–Trinajstić information content (AvgIpc) is 3.35. The Bertz CT molecular complexity index is 1560. The minimum Gasteiger partial charge on any atom is -0.479 e. The van der Waals surface area contributed by atoms with E-state index < -0.39 is 67.3 Å². The van der Waals surface area contributed by atoms with Gasteiger partial charge in [0.2, 0.25) is 0 Å². The molecular formula is C59H96O12. The average molecular weight is 997 g/mol. The number of carboxylic acid groups (broad SMARTS) is 1. The van der Waals surface area contributed by atoms with Gasteiger partial charge in [0.15, 0.2) is 24.6 Å². The lowest BCUT2D eigenvalue weighted by molar-refractivity contribution is -0.301. The van der Waals surface area contributed by atoms with Crippen LogP contribution in [0.1, 0.15) is 213 Å². The SMILES string of the molecule is CC/C=C\C/C=C\C/C=C\C/C=C\CCCCCCC(=O)OCC(COC1OC(C(=O)O)C(O)C(O)C1OC(=O)CCCCCCC/C=C\C/C=C\C/C=C\CC)OC(=O)CCCCCCCCCCC. The van der Waals surface area contributed by atoms with Gasteiger partial charge in [-0.3, -0.25) is 14.4 Å². The van der Waals surface area contributed by atoms with E-state index in [1.165, 1.54) is 32.1 Å². The number of aliphatic hydroxyl groups excluding tert-OH is 2. The van der Waals surface area contributed by atoms with Gasteiger partial charge in [0.1, 0.15) is 18.8 Å². The molecular weight excluding hydrogens is 901 g/mol. The molecule has 0 aliphatic carbocycles. The van der Waals surface area contributed by atoms with Crippen LogP contribution in [0, 0.1) is 0 Å². The van der Waals surface area contributed by atoms with E-state index in [9.17, 15) is 34.5 Å². The fourth-order valence-corrected chi connectivity index (χ4v) is 7.78. The zero-order valence-electron chi connectivity index (χ0n) is 44.2. The largest absolute Gasteiger partial charge is 0.479 e. The Morgan fingerprint density at radius 2 is 0.887 bits per heavy atom. The fourth-order valence-electron chi connectivity index (χ4n) is 7.78. The van der Waals surface area contributed by atoms with Crippen LogP contribution >= 0.6 is 0 Å². The summed E-state index contributed by atoms with van der Waals surface area (Å²) in [6.45, 7) is 5.69. The van der Waals surface area contributed by atoms with Crippen LogP contribution in [0.4, 0.5) is 0 Å². The smallest absolute Gasteiger partial charge is 0.335 e. The molecule has 3 N–H and O–H groups in total. The molecule has 1 saturated heterocycles. The molecule has 0 amide bonds. The van der Waals surface area contributed by atoms with E-state index in [-0.39, 0.29) is 25.9 Å². The summed E-state index contributed by atoms with van der Waals surface area (Å²) in [5, 5.41) is 31.4. The minimum absolute atomic E-state index is 0.0361. The van der Waals surface area contributed by atoms with E-state index in [0.29, 0.717) is 19.3 Å². The van der Waals surface area contributed by atoms with E-state index in [1.54, 1.807) is 0 Å². The Kier molecular flexibility index (Phi) is 42.9. The zero-order chi connectivity index (χ0) is 51.8. The van der Waals surface area contributed by atoms with Gasteiger partial charge in [-0.2, -0.15) is 0 Å². The van der Waals surface area contributed by atoms with Gasteiger partial charge in [0.25, 0.3) is 0 Å². The molecule has 6 unspecified atom stereocenters. The third-order valence-electron chi connectivity index (χ3n) is 12.0. The molecule has 1 aliphatic heterocycles. The number of aliphatic carboxylic acids is 1. The van der Waals surface area contributed by atoms with Crippen LogP contribution in [-0.2, 0) is 42.9 Å². The fraction of sp³-hybridized carbons (Fsp3) is 0.695. The first-order valence-electron chi connectivity index (χ1n) is 27.6. The topological polar surface area (TPSA) is 175 Å². The van der Waals surface area contributed by atoms with Crippen LogP contribution < -0.4 is 0 Å². The van der Waals surface area contributed by atoms with Crippen molar-refractivity contribution in [3.63, 3.8) is 0 Å². The van der Waals surface area contributed by atoms with Gasteiger partial charge < -0.3 is 39.0 Å². The molecule has 1 heterocycles. The van der Waals surface area contributed by atoms with E-state index in [2.05, 4.69) is 106 Å². The molecule has 0 bridgehead atoms. The van der Waals surface area contributed by atoms with Crippen molar-refractivity contribution in [2.45, 2.75) is 250 Å². The number of carbonyl (C=O) groups is 4. The van der Waals surface area contributed by atoms with Crippen LogP contribution in [0.5, 0.6) is 0 Å². The van der Waals surface area contributed by atoms with Crippen molar-refractivity contribution >= 4 is 23.9 Å². The van der Waals surface area contributed by atoms with Gasteiger partial charge in [0, 0.05) is 19.3 Å². The second-order valence-electron chi connectivity index (χ2n) is 18.5. The highest BCUT2D eigenvalue weighted by molar-refractivity contribution is 5.74. The molecule has 0 aromatic rings. The van der Waals surface area contributed by atoms with Gasteiger partial charge in [0.05, 0.1) is 6.61 Å². The Hall–Kier alpha value is -4.10. The molecule has 0 aromatic heterocycles. The molecule has 0 radical (unpaired) electrons. The molecule has 0 aromatic carbocycles. The molecule has 6 atom stereocenters. The highest BCUT2D eigenvalue weighted by atomic mass is 16.7. The first-order valence-corrected chi connectivity index (χ1v) is 27.6. The van der Waals surface area contributed by atoms with E-state index in [1.807, 2.05) is 0 Å². The number of carboxylic acids is 1. The molecule has 71 heavy (non-hydrogen) atoms. The maximum absolute atomic E-state index is 13.0. The molecule has 1 rings (SSSR count). The Morgan fingerprint density at radius 3 is 1.35 bits per heavy atom. The van der Waals surface area contributed by atoms with E-state index >= 15 is 0 Å². The molecule has 1 aliphatic rings. The second-order valence-corrected chi connectivity index (χ2v) is 18.5. The predicted molar refractivity (Wildman–Crippen MR) is 284 cm³/mol. The first-order chi connectivity index (χ1) is 34.6. The summed E-state index contributed by atoms with van der Waals surface area (Å²) in [6, 6.07) is 0. The number of aliphatic hydroxyl groups is 2. The number of hydrogen-bond donors (Lipinski definition) is 3. The Balaban J connectivity index is 2.70. The Morgan fingerprint density at radius 1 is 0.479 bits per heavy atom. The van der Waals surface area contributed by atoms with Crippen LogP contribution in [0.15, 0.2) is 85.1 Å². The highest BCUT2D eigenvalue weighted by Crippen LogP contribution is 2.26. The quantitative estimate of drug-likeness (QED) is 0.0228. The molecule has 12 nitrogen and oxygen atoms in total. The summed E-state index contributed by atoms with van der Waals surface area (Å²) in [5.74, 6) is -3.18. The van der Waals surface area contributed by atoms with Gasteiger partial charge in [-0.05, 0) is 89.9 Å². The van der Waals surface area contributed by atoms with Crippen LogP contribution in [0.25, 0.3) is 0 Å². The van der Waals surface area contributed by atoms with Crippen molar-refractivity contribution in [3.05, 3.63) is 85.1 Å². The van der Waals surface area contributed by atoms with E-state index in [0.717, 1.165) is 122 Å². The van der Waals surface area contributed by atoms with Gasteiger partial charge in [-0.25, -0.2) is 4.79 Å². The highest BCUT2D eigenvalue weighted by Gasteiger charge is 2.50. The molecule has 0 saturated carbocycles. The monoisotopic (exact) mass is 997 g/mol. The number of allylic oxidation sites excluding steroid dienone is 14. The Labute approximate surface area is 429 Å². The third-order valence-corrected chi connectivity index (χ3v) is 12.0. The van der Waals surface area contributed by atoms with Crippen molar-refractivity contribution in [3.8, 4) is 0 Å². The van der Waals surface area contributed by atoms with Crippen LogP contribution in [0.3, 0.4) is 0 Å². The number of carbonyl (C=O) groups excluding carboxylic acids is 3. The summed E-state index contributed by atoms with van der Waals surface area (Å²) in [7, 11) is 0. The van der Waals surface area contributed by atoms with Crippen LogP contribution in [-0.4, -0.2) is 89.2 Å². The first kappa shape index (κ1) is 64.9. The third kappa shape index (κ3) is 37.3. The summed E-state index contributed by atoms with van der Waals surface area (Å²) >= 11 is 0. The zero-order valence-corrected chi connectivity index (χ0v) is 44.2. The molecule has 404 valence electrons. The summed E-state index contributed by atoms with van der Waals surface area (Å²) < 4.78 is 28.3. The second kappa shape index (κ2) is 46.9. The van der Waals surface area contributed by atoms with Crippen LogP contribution in [0.2, 0.25) is 0 Å². The number of unbranched alkanes of at least 4 members (excludes halogenated alkanes) is 17. The van der Waals surface area contributed by atoms with Crippen molar-refractivity contribution < 1.29 is 58.2 Å².